The highest BCUT2D eigenvalue weighted by Gasteiger charge is 2.32. The molecule has 1 fully saturated rings. The van der Waals surface area contributed by atoms with Gasteiger partial charge in [0.1, 0.15) is 11.6 Å². The number of hydrogen-bond donors (Lipinski definition) is 4. The summed E-state index contributed by atoms with van der Waals surface area (Å²) in [7, 11) is 0. The van der Waals surface area contributed by atoms with Crippen LogP contribution in [-0.2, 0) is 9.53 Å². The minimum Gasteiger partial charge on any atom is -0.444 e. The smallest absolute Gasteiger partial charge is 0.408 e. The number of aromatic amines is 1. The van der Waals surface area contributed by atoms with E-state index in [0.29, 0.717) is 11.4 Å². The number of anilines is 1. The SMILES string of the molecule is Cc1n[nH]c(C(C)O)c1-c1ccc(NC(=O)[C@@H](NC(=O)OC(C)(C)C)C2CCCCC2)cc1. The average molecular weight is 457 g/mol. The van der Waals surface area contributed by atoms with Gasteiger partial charge in [-0.25, -0.2) is 4.79 Å². The molecular formula is C25H36N4O4. The molecule has 0 radical (unpaired) electrons. The predicted molar refractivity (Wildman–Crippen MR) is 128 cm³/mol. The molecule has 1 aliphatic carbocycles. The molecule has 1 aromatic carbocycles. The highest BCUT2D eigenvalue weighted by molar-refractivity contribution is 5.97. The summed E-state index contributed by atoms with van der Waals surface area (Å²) in [6.07, 6.45) is 3.80. The summed E-state index contributed by atoms with van der Waals surface area (Å²) in [4.78, 5) is 25.6. The highest BCUT2D eigenvalue weighted by Crippen LogP contribution is 2.31. The lowest BCUT2D eigenvalue weighted by Crippen LogP contribution is -2.50. The Kier molecular flexibility index (Phi) is 7.79. The van der Waals surface area contributed by atoms with E-state index in [0.717, 1.165) is 48.9 Å². The molecule has 0 spiro atoms. The van der Waals surface area contributed by atoms with Crippen LogP contribution in [0, 0.1) is 12.8 Å². The van der Waals surface area contributed by atoms with Crippen LogP contribution in [-0.4, -0.2) is 38.9 Å². The summed E-state index contributed by atoms with van der Waals surface area (Å²) in [5, 5.41) is 22.9. The monoisotopic (exact) mass is 456 g/mol. The number of nitrogens with one attached hydrogen (secondary N) is 3. The largest absolute Gasteiger partial charge is 0.444 e. The second-order valence-electron chi connectivity index (χ2n) is 9.86. The molecule has 33 heavy (non-hydrogen) atoms. The average Bonchev–Trinajstić information content (AvgIpc) is 3.13. The summed E-state index contributed by atoms with van der Waals surface area (Å²) < 4.78 is 5.40. The van der Waals surface area contributed by atoms with Gasteiger partial charge in [-0.05, 0) is 71.1 Å². The van der Waals surface area contributed by atoms with Crippen LogP contribution in [0.25, 0.3) is 11.1 Å². The van der Waals surface area contributed by atoms with Gasteiger partial charge in [-0.2, -0.15) is 5.10 Å². The molecule has 1 unspecified atom stereocenters. The van der Waals surface area contributed by atoms with Gasteiger partial charge in [-0.1, -0.05) is 31.4 Å². The highest BCUT2D eigenvalue weighted by atomic mass is 16.6. The van der Waals surface area contributed by atoms with Crippen LogP contribution in [0.4, 0.5) is 10.5 Å². The van der Waals surface area contributed by atoms with Crippen molar-refractivity contribution in [2.24, 2.45) is 5.92 Å². The summed E-state index contributed by atoms with van der Waals surface area (Å²) in [5.41, 5.74) is 3.20. The van der Waals surface area contributed by atoms with Gasteiger partial charge in [-0.3, -0.25) is 9.89 Å². The van der Waals surface area contributed by atoms with E-state index < -0.39 is 23.8 Å². The van der Waals surface area contributed by atoms with Gasteiger partial charge in [0.25, 0.3) is 0 Å². The molecule has 1 saturated carbocycles. The number of alkyl carbamates (subject to hydrolysis) is 1. The fourth-order valence-electron chi connectivity index (χ4n) is 4.36. The summed E-state index contributed by atoms with van der Waals surface area (Å²) in [6, 6.07) is 6.75. The second kappa shape index (κ2) is 10.4. The molecule has 3 rings (SSSR count). The van der Waals surface area contributed by atoms with Crippen molar-refractivity contribution in [2.45, 2.75) is 84.5 Å². The molecule has 0 aliphatic heterocycles. The Bertz CT molecular complexity index is 954. The number of benzene rings is 1. The molecule has 8 heteroatoms. The number of carbonyl (C=O) groups excluding carboxylic acids is 2. The summed E-state index contributed by atoms with van der Waals surface area (Å²) in [6.45, 7) is 8.97. The maximum atomic E-state index is 13.2. The van der Waals surface area contributed by atoms with E-state index in [2.05, 4.69) is 20.8 Å². The third-order valence-corrected chi connectivity index (χ3v) is 5.91. The van der Waals surface area contributed by atoms with Gasteiger partial charge >= 0.3 is 6.09 Å². The summed E-state index contributed by atoms with van der Waals surface area (Å²) in [5.74, 6) is -0.169. The van der Waals surface area contributed by atoms with Gasteiger partial charge in [0.15, 0.2) is 0 Å². The lowest BCUT2D eigenvalue weighted by atomic mass is 9.83. The molecule has 180 valence electrons. The van der Waals surface area contributed by atoms with Gasteiger partial charge in [0, 0.05) is 11.3 Å². The molecule has 4 N–H and O–H groups in total. The van der Waals surface area contributed by atoms with Crippen molar-refractivity contribution in [1.82, 2.24) is 15.5 Å². The Labute approximate surface area is 195 Å². The first kappa shape index (κ1) is 24.8. The quantitative estimate of drug-likeness (QED) is 0.496. The van der Waals surface area contributed by atoms with Crippen LogP contribution < -0.4 is 10.6 Å². The number of ether oxygens (including phenoxy) is 1. The zero-order valence-corrected chi connectivity index (χ0v) is 20.2. The van der Waals surface area contributed by atoms with Crippen LogP contribution >= 0.6 is 0 Å². The number of aryl methyl sites for hydroxylation is 1. The minimum absolute atomic E-state index is 0.0766. The van der Waals surface area contributed by atoms with Crippen molar-refractivity contribution in [3.05, 3.63) is 35.7 Å². The van der Waals surface area contributed by atoms with E-state index in [1.807, 2.05) is 31.2 Å². The van der Waals surface area contributed by atoms with E-state index in [-0.39, 0.29) is 11.8 Å². The number of hydrogen-bond acceptors (Lipinski definition) is 5. The van der Waals surface area contributed by atoms with E-state index in [4.69, 9.17) is 4.74 Å². The fraction of sp³-hybridized carbons (Fsp3) is 0.560. The minimum atomic E-state index is -0.671. The molecule has 2 amide bonds. The van der Waals surface area contributed by atoms with Crippen molar-refractivity contribution in [3.63, 3.8) is 0 Å². The lowest BCUT2D eigenvalue weighted by molar-refractivity contribution is -0.119. The number of H-pyrrole nitrogens is 1. The first-order valence-electron chi connectivity index (χ1n) is 11.7. The van der Waals surface area contributed by atoms with Gasteiger partial charge in [-0.15, -0.1) is 0 Å². The first-order chi connectivity index (χ1) is 15.5. The van der Waals surface area contributed by atoms with Crippen molar-refractivity contribution in [2.75, 3.05) is 5.32 Å². The molecule has 0 bridgehead atoms. The molecule has 8 nitrogen and oxygen atoms in total. The molecule has 2 aromatic rings. The van der Waals surface area contributed by atoms with E-state index >= 15 is 0 Å². The second-order valence-corrected chi connectivity index (χ2v) is 9.86. The van der Waals surface area contributed by atoms with E-state index in [1.165, 1.54) is 0 Å². The van der Waals surface area contributed by atoms with E-state index in [1.54, 1.807) is 27.7 Å². The Morgan fingerprint density at radius 2 is 1.79 bits per heavy atom. The lowest BCUT2D eigenvalue weighted by Gasteiger charge is -2.31. The van der Waals surface area contributed by atoms with E-state index in [9.17, 15) is 14.7 Å². The van der Waals surface area contributed by atoms with Crippen LogP contribution in [0.5, 0.6) is 0 Å². The Morgan fingerprint density at radius 3 is 2.36 bits per heavy atom. The molecule has 1 aliphatic rings. The number of aromatic nitrogens is 2. The standard InChI is InChI=1S/C25H36N4O4/c1-15-20(21(16(2)30)29-28-15)17-11-13-19(14-12-17)26-23(31)22(18-9-7-6-8-10-18)27-24(32)33-25(3,4)5/h11-14,16,18,22,30H,6-10H2,1-5H3,(H,26,31)(H,27,32)(H,28,29)/t16?,22-/m0/s1. The topological polar surface area (TPSA) is 116 Å². The molecule has 1 aromatic heterocycles. The van der Waals surface area contributed by atoms with Gasteiger partial charge in [0.05, 0.1) is 17.5 Å². The Hall–Kier alpha value is -2.87. The maximum absolute atomic E-state index is 13.2. The Balaban J connectivity index is 1.75. The van der Waals surface area contributed by atoms with Gasteiger partial charge in [0.2, 0.25) is 5.91 Å². The first-order valence-corrected chi connectivity index (χ1v) is 11.7. The normalized spacial score (nSPS) is 16.7. The third-order valence-electron chi connectivity index (χ3n) is 5.91. The summed E-state index contributed by atoms with van der Waals surface area (Å²) >= 11 is 0. The van der Waals surface area contributed by atoms with Crippen molar-refractivity contribution in [1.29, 1.82) is 0 Å². The van der Waals surface area contributed by atoms with Gasteiger partial charge < -0.3 is 20.5 Å². The predicted octanol–water partition coefficient (Wildman–Crippen LogP) is 4.85. The number of rotatable bonds is 6. The molecule has 1 heterocycles. The van der Waals surface area contributed by atoms with Crippen molar-refractivity contribution < 1.29 is 19.4 Å². The van der Waals surface area contributed by atoms with Crippen LogP contribution in [0.2, 0.25) is 0 Å². The number of amides is 2. The maximum Gasteiger partial charge on any atom is 0.408 e. The number of aliphatic hydroxyl groups excluding tert-OH is 1. The molecular weight excluding hydrogens is 420 g/mol. The fourth-order valence-corrected chi connectivity index (χ4v) is 4.36. The zero-order chi connectivity index (χ0) is 24.2. The third kappa shape index (κ3) is 6.57. The van der Waals surface area contributed by atoms with Crippen LogP contribution in [0.3, 0.4) is 0 Å². The number of aliphatic hydroxyl groups is 1. The number of nitrogens with zero attached hydrogens (tertiary/aromatic N) is 1. The van der Waals surface area contributed by atoms with Crippen molar-refractivity contribution in [3.8, 4) is 11.1 Å². The molecule has 0 saturated heterocycles. The van der Waals surface area contributed by atoms with Crippen LogP contribution in [0.1, 0.15) is 77.3 Å². The zero-order valence-electron chi connectivity index (χ0n) is 20.2. The van der Waals surface area contributed by atoms with Crippen LogP contribution in [0.15, 0.2) is 24.3 Å². The number of carbonyl (C=O) groups is 2. The Morgan fingerprint density at radius 1 is 1.15 bits per heavy atom. The molecule has 2 atom stereocenters. The van der Waals surface area contributed by atoms with Crippen molar-refractivity contribution >= 4 is 17.7 Å².